The second-order valence-corrected chi connectivity index (χ2v) is 6.52. The van der Waals surface area contributed by atoms with Crippen molar-refractivity contribution in [3.8, 4) is 0 Å². The Labute approximate surface area is 144 Å². The molecule has 1 unspecified atom stereocenters. The van der Waals surface area contributed by atoms with Crippen LogP contribution in [-0.4, -0.2) is 6.54 Å². The van der Waals surface area contributed by atoms with Gasteiger partial charge in [0.25, 0.3) is 10.9 Å². The van der Waals surface area contributed by atoms with Gasteiger partial charge in [-0.1, -0.05) is 53.2 Å². The summed E-state index contributed by atoms with van der Waals surface area (Å²) in [5.41, 5.74) is 8.79. The van der Waals surface area contributed by atoms with Gasteiger partial charge in [0.05, 0.1) is 0 Å². The van der Waals surface area contributed by atoms with Crippen molar-refractivity contribution in [3.63, 3.8) is 0 Å². The van der Waals surface area contributed by atoms with Crippen LogP contribution in [0.3, 0.4) is 0 Å². The number of benzene rings is 1. The maximum absolute atomic E-state index is 12.0. The largest absolute Gasteiger partial charge is 0.394 e. The Bertz CT molecular complexity index is 802. The van der Waals surface area contributed by atoms with Crippen molar-refractivity contribution in [1.82, 2.24) is 0 Å². The van der Waals surface area contributed by atoms with Gasteiger partial charge in [0.15, 0.2) is 0 Å². The minimum absolute atomic E-state index is 0.0114. The highest BCUT2D eigenvalue weighted by Gasteiger charge is 2.41. The fraction of sp³-hybridized carbons (Fsp3) is 0.500. The number of hydrogen-bond acceptors (Lipinski definition) is 4. The summed E-state index contributed by atoms with van der Waals surface area (Å²) in [7, 11) is 0. The average Bonchev–Trinajstić information content (AvgIpc) is 2.88. The van der Waals surface area contributed by atoms with E-state index in [9.17, 15) is 9.59 Å². The van der Waals surface area contributed by atoms with E-state index in [0.29, 0.717) is 12.2 Å². The lowest BCUT2D eigenvalue weighted by molar-refractivity contribution is 0.461. The van der Waals surface area contributed by atoms with Gasteiger partial charge in [-0.15, -0.1) is 0 Å². The zero-order valence-electron chi connectivity index (χ0n) is 15.4. The number of fused-ring (bicyclic) bond motifs is 1. The number of hydrogen-bond donors (Lipinski definition) is 1. The van der Waals surface area contributed by atoms with Gasteiger partial charge in [-0.05, 0) is 30.0 Å². The molecule has 1 aliphatic rings. The molecule has 2 aromatic carbocycles. The molecule has 4 heteroatoms. The van der Waals surface area contributed by atoms with Gasteiger partial charge in [0.2, 0.25) is 0 Å². The molecule has 0 saturated carbocycles. The van der Waals surface area contributed by atoms with Crippen LogP contribution in [0.25, 0.3) is 0 Å². The molecule has 0 spiro atoms. The van der Waals surface area contributed by atoms with Crippen molar-refractivity contribution in [2.45, 2.75) is 59.3 Å². The van der Waals surface area contributed by atoms with Crippen LogP contribution in [0.2, 0.25) is 0 Å². The van der Waals surface area contributed by atoms with E-state index in [1.807, 2.05) is 18.7 Å². The number of anilines is 3. The first-order chi connectivity index (χ1) is 11.4. The summed E-state index contributed by atoms with van der Waals surface area (Å²) >= 11 is 0. The van der Waals surface area contributed by atoms with Crippen LogP contribution in [0.5, 0.6) is 0 Å². The maximum atomic E-state index is 12.0. The highest BCUT2D eigenvalue weighted by Crippen LogP contribution is 2.47. The van der Waals surface area contributed by atoms with Crippen molar-refractivity contribution in [1.29, 1.82) is 0 Å². The molecular weight excluding hydrogens is 300 g/mol. The molecule has 0 radical (unpaired) electrons. The summed E-state index contributed by atoms with van der Waals surface area (Å²) in [6.45, 7) is 11.2. The molecule has 24 heavy (non-hydrogen) atoms. The third kappa shape index (κ3) is 2.64. The predicted molar refractivity (Wildman–Crippen MR) is 102 cm³/mol. The lowest BCUT2D eigenvalue weighted by atomic mass is 9.80. The maximum Gasteiger partial charge on any atom is 0.253 e. The molecule has 1 heterocycles. The predicted octanol–water partition coefficient (Wildman–Crippen LogP) is 3.66. The Morgan fingerprint density at radius 2 is 1.83 bits per heavy atom. The second-order valence-electron chi connectivity index (χ2n) is 6.52. The van der Waals surface area contributed by atoms with E-state index in [2.05, 4.69) is 39.0 Å². The van der Waals surface area contributed by atoms with Crippen LogP contribution >= 0.6 is 0 Å². The quantitative estimate of drug-likeness (QED) is 0.870. The Morgan fingerprint density at radius 1 is 1.17 bits per heavy atom. The van der Waals surface area contributed by atoms with E-state index in [-0.39, 0.29) is 11.1 Å². The molecule has 4 nitrogen and oxygen atoms in total. The summed E-state index contributed by atoms with van der Waals surface area (Å²) < 4.78 is 0. The molecule has 130 valence electrons. The fourth-order valence-corrected chi connectivity index (χ4v) is 3.68. The lowest BCUT2D eigenvalue weighted by Gasteiger charge is -2.26. The third-order valence-electron chi connectivity index (χ3n) is 4.91. The monoisotopic (exact) mass is 328 g/mol. The third-order valence-corrected chi connectivity index (χ3v) is 4.91. The standard InChI is InChI=1S/C18H22N2O2.C2H6/c1-4-8-18(3)10-20(15-14(19)16(21)17(15)22)13-9-11(5-2)6-7-12(13)18;1-2/h6-7,9H,4-5,8,10,19H2,1-3H3;1-2H3. The normalized spacial score (nSPS) is 19.1. The van der Waals surface area contributed by atoms with Crippen molar-refractivity contribution in [2.75, 3.05) is 17.2 Å². The van der Waals surface area contributed by atoms with Crippen LogP contribution < -0.4 is 21.5 Å². The van der Waals surface area contributed by atoms with Crippen LogP contribution in [-0.2, 0) is 11.8 Å². The van der Waals surface area contributed by atoms with Crippen LogP contribution in [0, 0.1) is 0 Å². The van der Waals surface area contributed by atoms with E-state index in [1.54, 1.807) is 0 Å². The zero-order chi connectivity index (χ0) is 18.1. The minimum Gasteiger partial charge on any atom is -0.394 e. The lowest BCUT2D eigenvalue weighted by Crippen LogP contribution is -2.41. The first-order valence-electron chi connectivity index (χ1n) is 8.92. The first-order valence-corrected chi connectivity index (χ1v) is 8.92. The second kappa shape index (κ2) is 6.80. The summed E-state index contributed by atoms with van der Waals surface area (Å²) in [4.78, 5) is 25.4. The van der Waals surface area contributed by atoms with E-state index < -0.39 is 10.9 Å². The van der Waals surface area contributed by atoms with E-state index in [1.165, 1.54) is 11.1 Å². The van der Waals surface area contributed by atoms with Gasteiger partial charge in [0, 0.05) is 17.6 Å². The number of nitrogens with zero attached hydrogens (tertiary/aromatic N) is 1. The molecule has 0 bridgehead atoms. The molecule has 2 aromatic rings. The smallest absolute Gasteiger partial charge is 0.253 e. The molecule has 1 aliphatic heterocycles. The average molecular weight is 328 g/mol. The molecule has 1 atom stereocenters. The van der Waals surface area contributed by atoms with E-state index in [4.69, 9.17) is 5.73 Å². The van der Waals surface area contributed by atoms with Crippen LogP contribution in [0.4, 0.5) is 17.1 Å². The summed E-state index contributed by atoms with van der Waals surface area (Å²) in [6.07, 6.45) is 3.05. The molecule has 0 saturated heterocycles. The molecule has 0 fully saturated rings. The van der Waals surface area contributed by atoms with Crippen LogP contribution in [0.15, 0.2) is 27.8 Å². The number of rotatable bonds is 4. The summed E-state index contributed by atoms with van der Waals surface area (Å²) in [6, 6.07) is 6.46. The van der Waals surface area contributed by atoms with Gasteiger partial charge in [-0.3, -0.25) is 9.59 Å². The van der Waals surface area contributed by atoms with Gasteiger partial charge in [-0.25, -0.2) is 0 Å². The minimum atomic E-state index is -0.549. The van der Waals surface area contributed by atoms with Crippen molar-refractivity contribution in [2.24, 2.45) is 0 Å². The number of aryl methyl sites for hydroxylation is 1. The van der Waals surface area contributed by atoms with Gasteiger partial charge in [0.1, 0.15) is 11.4 Å². The Kier molecular flexibility index (Phi) is 5.16. The molecular formula is C20H28N2O2. The first kappa shape index (κ1) is 18.2. The highest BCUT2D eigenvalue weighted by atomic mass is 16.2. The van der Waals surface area contributed by atoms with Gasteiger partial charge in [-0.2, -0.15) is 0 Å². The zero-order valence-corrected chi connectivity index (χ0v) is 15.4. The fourth-order valence-electron chi connectivity index (χ4n) is 3.68. The molecule has 2 N–H and O–H groups in total. The Hall–Kier alpha value is -2.10. The molecule has 3 rings (SSSR count). The van der Waals surface area contributed by atoms with Gasteiger partial charge < -0.3 is 10.6 Å². The Balaban J connectivity index is 0.00000100. The molecule has 0 aromatic heterocycles. The van der Waals surface area contributed by atoms with E-state index in [0.717, 1.165) is 24.9 Å². The van der Waals surface area contributed by atoms with Crippen molar-refractivity contribution >= 4 is 17.1 Å². The van der Waals surface area contributed by atoms with Crippen molar-refractivity contribution < 1.29 is 0 Å². The summed E-state index contributed by atoms with van der Waals surface area (Å²) in [5, 5.41) is 0. The number of nitrogen functional groups attached to an aromatic ring is 1. The topological polar surface area (TPSA) is 63.4 Å². The van der Waals surface area contributed by atoms with Crippen molar-refractivity contribution in [3.05, 3.63) is 49.8 Å². The highest BCUT2D eigenvalue weighted by molar-refractivity contribution is 5.83. The summed E-state index contributed by atoms with van der Waals surface area (Å²) in [5.74, 6) is 0. The van der Waals surface area contributed by atoms with Crippen LogP contribution in [0.1, 0.15) is 58.6 Å². The van der Waals surface area contributed by atoms with E-state index >= 15 is 0 Å². The molecule has 0 aliphatic carbocycles. The SMILES string of the molecule is CC.CCCC1(C)CN(c2c(N)c(=O)c2=O)c2cc(CC)ccc21. The number of nitrogens with two attached hydrogens (primary N) is 1. The molecule has 0 amide bonds. The Morgan fingerprint density at radius 3 is 2.38 bits per heavy atom. The van der Waals surface area contributed by atoms with Gasteiger partial charge >= 0.3 is 0 Å².